The lowest BCUT2D eigenvalue weighted by Crippen LogP contribution is -2.15. The minimum atomic E-state index is -0.315. The van der Waals surface area contributed by atoms with Crippen LogP contribution in [0.4, 0.5) is 0 Å². The van der Waals surface area contributed by atoms with E-state index in [4.69, 9.17) is 27.9 Å². The molecule has 0 aromatic carbocycles. The molecule has 26 heavy (non-hydrogen) atoms. The highest BCUT2D eigenvalue weighted by molar-refractivity contribution is 6.63. The van der Waals surface area contributed by atoms with Gasteiger partial charge in [-0.25, -0.2) is 0 Å². The Morgan fingerprint density at radius 1 is 0.692 bits per heavy atom. The number of rotatable bonds is 20. The molecule has 0 aromatic rings. The number of ether oxygens (including phenoxy) is 1. The van der Waals surface area contributed by atoms with E-state index in [0.29, 0.717) is 19.4 Å². The number of halogens is 2. The Kier molecular flexibility index (Phi) is 19.5. The monoisotopic (exact) mass is 408 g/mol. The predicted molar refractivity (Wildman–Crippen MR) is 111 cm³/mol. The first-order valence-electron chi connectivity index (χ1n) is 10.5. The Morgan fingerprint density at radius 2 is 1.15 bits per heavy atom. The van der Waals surface area contributed by atoms with Gasteiger partial charge in [-0.1, -0.05) is 77.6 Å². The van der Waals surface area contributed by atoms with Gasteiger partial charge in [0.1, 0.15) is 0 Å². The maximum atomic E-state index is 10.8. The maximum Gasteiger partial charge on any atom is 0.223 e. The van der Waals surface area contributed by atoms with Gasteiger partial charge in [0.15, 0.2) is 0 Å². The fourth-order valence-electron chi connectivity index (χ4n) is 3.11. The Labute approximate surface area is 170 Å². The second-order valence-electron chi connectivity index (χ2n) is 7.17. The van der Waals surface area contributed by atoms with Crippen molar-refractivity contribution in [3.63, 3.8) is 0 Å². The van der Waals surface area contributed by atoms with Crippen LogP contribution < -0.4 is 0 Å². The topological polar surface area (TPSA) is 43.4 Å². The minimum absolute atomic E-state index is 0.216. The smallest absolute Gasteiger partial charge is 0.223 e. The minimum Gasteiger partial charge on any atom is -0.378 e. The molecule has 0 fully saturated rings. The van der Waals surface area contributed by atoms with E-state index >= 15 is 0 Å². The Bertz CT molecular complexity index is 348. The molecule has 0 radical (unpaired) electrons. The first kappa shape index (κ1) is 25.9. The van der Waals surface area contributed by atoms with Crippen LogP contribution in [0, 0.1) is 0 Å². The molecule has 1 unspecified atom stereocenters. The number of carbonyl (C=O) groups is 2. The summed E-state index contributed by atoms with van der Waals surface area (Å²) in [7, 11) is 0. The van der Waals surface area contributed by atoms with Gasteiger partial charge in [-0.05, 0) is 42.5 Å². The zero-order valence-corrected chi connectivity index (χ0v) is 18.1. The summed E-state index contributed by atoms with van der Waals surface area (Å²) >= 11 is 10.7. The fraction of sp³-hybridized carbons (Fsp3) is 0.905. The van der Waals surface area contributed by atoms with Gasteiger partial charge >= 0.3 is 0 Å². The highest BCUT2D eigenvalue weighted by Gasteiger charge is 2.10. The summed E-state index contributed by atoms with van der Waals surface area (Å²) < 4.78 is 5.88. The van der Waals surface area contributed by atoms with Gasteiger partial charge in [0.25, 0.3) is 0 Å². The molecule has 1 atom stereocenters. The molecule has 0 amide bonds. The molecule has 0 saturated heterocycles. The number of carbonyl (C=O) groups excluding carboxylic acids is 2. The van der Waals surface area contributed by atoms with Crippen molar-refractivity contribution in [1.82, 2.24) is 0 Å². The van der Waals surface area contributed by atoms with Crippen LogP contribution in [0.1, 0.15) is 110 Å². The molecule has 0 heterocycles. The summed E-state index contributed by atoms with van der Waals surface area (Å²) in [6.07, 6.45) is 17.7. The van der Waals surface area contributed by atoms with Crippen molar-refractivity contribution in [3.8, 4) is 0 Å². The summed E-state index contributed by atoms with van der Waals surface area (Å²) in [6, 6.07) is 0. The largest absolute Gasteiger partial charge is 0.378 e. The number of hydrogen-bond donors (Lipinski definition) is 0. The molecule has 0 spiro atoms. The first-order chi connectivity index (χ1) is 12.6. The molecule has 0 bridgehead atoms. The standard InChI is InChI=1S/C21H38Cl2O3/c1-2-3-4-11-14-19(26-18-17-21(23)25)15-12-9-7-5-6-8-10-13-16-20(22)24/h19H,2-18H2,1H3. The summed E-state index contributed by atoms with van der Waals surface area (Å²) in [5.41, 5.74) is 0. The van der Waals surface area contributed by atoms with Crippen molar-refractivity contribution in [3.05, 3.63) is 0 Å². The lowest BCUT2D eigenvalue weighted by atomic mass is 10.0. The second-order valence-corrected chi connectivity index (χ2v) is 8.01. The van der Waals surface area contributed by atoms with E-state index in [9.17, 15) is 9.59 Å². The van der Waals surface area contributed by atoms with Crippen molar-refractivity contribution >= 4 is 33.7 Å². The number of hydrogen-bond acceptors (Lipinski definition) is 3. The van der Waals surface area contributed by atoms with E-state index in [-0.39, 0.29) is 16.6 Å². The average molecular weight is 409 g/mol. The van der Waals surface area contributed by atoms with Crippen molar-refractivity contribution in [2.45, 2.75) is 116 Å². The molecule has 0 aliphatic heterocycles. The Balaban J connectivity index is 3.66. The zero-order valence-electron chi connectivity index (χ0n) is 16.6. The molecule has 0 N–H and O–H groups in total. The Hall–Kier alpha value is -0.120. The van der Waals surface area contributed by atoms with E-state index < -0.39 is 0 Å². The third-order valence-corrected chi connectivity index (χ3v) is 5.06. The maximum absolute atomic E-state index is 10.8. The summed E-state index contributed by atoms with van der Waals surface area (Å²) in [6.45, 7) is 2.67. The molecule has 0 rings (SSSR count). The van der Waals surface area contributed by atoms with Crippen LogP contribution in [0.2, 0.25) is 0 Å². The zero-order chi connectivity index (χ0) is 19.5. The quantitative estimate of drug-likeness (QED) is 0.158. The van der Waals surface area contributed by atoms with Gasteiger partial charge in [-0.15, -0.1) is 0 Å². The van der Waals surface area contributed by atoms with Gasteiger partial charge < -0.3 is 4.74 Å². The van der Waals surface area contributed by atoms with Gasteiger partial charge in [0, 0.05) is 12.8 Å². The molecule has 3 nitrogen and oxygen atoms in total. The van der Waals surface area contributed by atoms with Gasteiger partial charge in [0.05, 0.1) is 12.7 Å². The lowest BCUT2D eigenvalue weighted by molar-refractivity contribution is -0.113. The molecule has 5 heteroatoms. The van der Waals surface area contributed by atoms with Crippen LogP contribution in [0.25, 0.3) is 0 Å². The fourth-order valence-corrected chi connectivity index (χ4v) is 3.32. The van der Waals surface area contributed by atoms with Crippen LogP contribution in [-0.4, -0.2) is 23.2 Å². The molecular weight excluding hydrogens is 371 g/mol. The van der Waals surface area contributed by atoms with Crippen LogP contribution in [0.3, 0.4) is 0 Å². The highest BCUT2D eigenvalue weighted by atomic mass is 35.5. The summed E-state index contributed by atoms with van der Waals surface area (Å²) in [5, 5.41) is -0.531. The normalized spacial score (nSPS) is 12.3. The lowest BCUT2D eigenvalue weighted by Gasteiger charge is -2.17. The van der Waals surface area contributed by atoms with Crippen molar-refractivity contribution in [1.29, 1.82) is 0 Å². The van der Waals surface area contributed by atoms with Crippen LogP contribution in [-0.2, 0) is 14.3 Å². The average Bonchev–Trinajstić information content (AvgIpc) is 2.59. The third kappa shape index (κ3) is 20.2. The number of unbranched alkanes of at least 4 members (excludes halogenated alkanes) is 10. The molecular formula is C21H38Cl2O3. The molecule has 0 aliphatic carbocycles. The van der Waals surface area contributed by atoms with Crippen molar-refractivity contribution in [2.24, 2.45) is 0 Å². The SMILES string of the molecule is CCCCCCC(CCCCCCCCCCC(=O)Cl)OCCC(=O)Cl. The van der Waals surface area contributed by atoms with Gasteiger partial charge in [0.2, 0.25) is 10.5 Å². The van der Waals surface area contributed by atoms with Crippen LogP contribution in [0.5, 0.6) is 0 Å². The first-order valence-corrected chi connectivity index (χ1v) is 11.3. The predicted octanol–water partition coefficient (Wildman–Crippen LogP) is 7.16. The highest BCUT2D eigenvalue weighted by Crippen LogP contribution is 2.17. The van der Waals surface area contributed by atoms with Crippen LogP contribution >= 0.6 is 23.2 Å². The van der Waals surface area contributed by atoms with Gasteiger partial charge in [-0.2, -0.15) is 0 Å². The molecule has 0 saturated carbocycles. The van der Waals surface area contributed by atoms with E-state index in [2.05, 4.69) is 6.92 Å². The Morgan fingerprint density at radius 3 is 1.65 bits per heavy atom. The molecule has 0 aliphatic rings. The van der Waals surface area contributed by atoms with E-state index in [1.807, 2.05) is 0 Å². The summed E-state index contributed by atoms with van der Waals surface area (Å²) in [5.74, 6) is 0. The van der Waals surface area contributed by atoms with Crippen LogP contribution in [0.15, 0.2) is 0 Å². The van der Waals surface area contributed by atoms with E-state index in [1.165, 1.54) is 64.2 Å². The van der Waals surface area contributed by atoms with Crippen molar-refractivity contribution < 1.29 is 14.3 Å². The van der Waals surface area contributed by atoms with E-state index in [0.717, 1.165) is 25.7 Å². The molecule has 154 valence electrons. The summed E-state index contributed by atoms with van der Waals surface area (Å²) in [4.78, 5) is 21.5. The van der Waals surface area contributed by atoms with Gasteiger partial charge in [-0.3, -0.25) is 9.59 Å². The van der Waals surface area contributed by atoms with Crippen molar-refractivity contribution in [2.75, 3.05) is 6.61 Å². The molecule has 0 aromatic heterocycles. The van der Waals surface area contributed by atoms with E-state index in [1.54, 1.807) is 0 Å². The third-order valence-electron chi connectivity index (χ3n) is 4.68. The second kappa shape index (κ2) is 19.6.